The number of rotatable bonds is 3. The summed E-state index contributed by atoms with van der Waals surface area (Å²) in [6, 6.07) is 0. The van der Waals surface area contributed by atoms with Crippen molar-refractivity contribution in [2.24, 2.45) is 5.41 Å². The van der Waals surface area contributed by atoms with E-state index in [2.05, 4.69) is 4.74 Å². The third kappa shape index (κ3) is 1.41. The Morgan fingerprint density at radius 1 is 1.54 bits per heavy atom. The number of carbonyl (C=O) groups is 1. The first kappa shape index (κ1) is 10.4. The molecule has 1 aliphatic carbocycles. The van der Waals surface area contributed by atoms with E-state index in [0.717, 1.165) is 0 Å². The van der Waals surface area contributed by atoms with E-state index >= 15 is 0 Å². The van der Waals surface area contributed by atoms with Crippen molar-refractivity contribution in [3.8, 4) is 0 Å². The molecule has 0 heterocycles. The fraction of sp³-hybridized carbons (Fsp3) is 0.875. The van der Waals surface area contributed by atoms with Gasteiger partial charge in [0.15, 0.2) is 5.41 Å². The Hall–Kier alpha value is -0.710. The monoisotopic (exact) mass is 194 g/mol. The molecule has 0 saturated heterocycles. The molecule has 0 radical (unpaired) electrons. The van der Waals surface area contributed by atoms with Gasteiger partial charge in [-0.25, -0.2) is 8.78 Å². The average molecular weight is 194 g/mol. The molecule has 3 nitrogen and oxygen atoms in total. The Morgan fingerprint density at radius 3 is 2.46 bits per heavy atom. The lowest BCUT2D eigenvalue weighted by Gasteiger charge is -2.29. The van der Waals surface area contributed by atoms with Crippen molar-refractivity contribution in [1.29, 1.82) is 0 Å². The van der Waals surface area contributed by atoms with Gasteiger partial charge in [-0.05, 0) is 12.8 Å². The van der Waals surface area contributed by atoms with E-state index in [9.17, 15) is 13.6 Å². The maximum atomic E-state index is 13.2. The fourth-order valence-corrected chi connectivity index (χ4v) is 1.78. The Balaban J connectivity index is 2.96. The maximum absolute atomic E-state index is 13.2. The second kappa shape index (κ2) is 3.21. The van der Waals surface area contributed by atoms with E-state index in [1.807, 2.05) is 0 Å². The van der Waals surface area contributed by atoms with Crippen LogP contribution >= 0.6 is 0 Å². The minimum absolute atomic E-state index is 0.0107. The summed E-state index contributed by atoms with van der Waals surface area (Å²) in [7, 11) is 1.24. The predicted octanol–water partition coefficient (Wildman–Crippen LogP) is 1.52. The van der Waals surface area contributed by atoms with Crippen LogP contribution in [0.15, 0.2) is 0 Å². The van der Waals surface area contributed by atoms with Gasteiger partial charge in [0, 0.05) is 13.5 Å². The van der Waals surface area contributed by atoms with Crippen LogP contribution in [-0.2, 0) is 9.53 Å². The SMILES string of the molecule is COCC1(C(=O)O)CCCC1(F)F. The molecule has 0 aliphatic heterocycles. The van der Waals surface area contributed by atoms with Gasteiger partial charge in [0.05, 0.1) is 6.61 Å². The zero-order valence-corrected chi connectivity index (χ0v) is 7.35. The summed E-state index contributed by atoms with van der Waals surface area (Å²) < 4.78 is 31.0. The minimum atomic E-state index is -3.14. The molecule has 0 aromatic carbocycles. The van der Waals surface area contributed by atoms with Gasteiger partial charge in [-0.2, -0.15) is 0 Å². The third-order valence-electron chi connectivity index (χ3n) is 2.59. The van der Waals surface area contributed by atoms with Crippen LogP contribution in [-0.4, -0.2) is 30.7 Å². The van der Waals surface area contributed by atoms with Gasteiger partial charge in [0.1, 0.15) is 0 Å². The second-order valence-electron chi connectivity index (χ2n) is 3.38. The van der Waals surface area contributed by atoms with Crippen molar-refractivity contribution < 1.29 is 23.4 Å². The largest absolute Gasteiger partial charge is 0.481 e. The van der Waals surface area contributed by atoms with Crippen LogP contribution in [0.5, 0.6) is 0 Å². The molecule has 1 unspecified atom stereocenters. The van der Waals surface area contributed by atoms with Crippen molar-refractivity contribution in [2.45, 2.75) is 25.2 Å². The topological polar surface area (TPSA) is 46.5 Å². The summed E-state index contributed by atoms with van der Waals surface area (Å²) in [5.74, 6) is -4.61. The fourth-order valence-electron chi connectivity index (χ4n) is 1.78. The number of ether oxygens (including phenoxy) is 1. The highest BCUT2D eigenvalue weighted by Crippen LogP contribution is 2.50. The number of carboxylic acids is 1. The average Bonchev–Trinajstić information content (AvgIpc) is 2.28. The lowest BCUT2D eigenvalue weighted by Crippen LogP contribution is -2.46. The summed E-state index contributed by atoms with van der Waals surface area (Å²) in [5.41, 5.74) is -2.00. The molecule has 1 fully saturated rings. The van der Waals surface area contributed by atoms with Crippen LogP contribution in [0.4, 0.5) is 8.78 Å². The standard InChI is InChI=1S/C8H12F2O3/c1-13-5-7(6(11)12)3-2-4-8(7,9)10/h2-5H2,1H3,(H,11,12). The first-order valence-corrected chi connectivity index (χ1v) is 4.06. The molecule has 0 bridgehead atoms. The van der Waals surface area contributed by atoms with Gasteiger partial charge in [-0.15, -0.1) is 0 Å². The van der Waals surface area contributed by atoms with Gasteiger partial charge < -0.3 is 9.84 Å². The first-order valence-electron chi connectivity index (χ1n) is 4.06. The number of carboxylic acid groups (broad SMARTS) is 1. The summed E-state index contributed by atoms with van der Waals surface area (Å²) in [5, 5.41) is 8.77. The Kier molecular flexibility index (Phi) is 2.56. The van der Waals surface area contributed by atoms with Crippen LogP contribution in [0.2, 0.25) is 0 Å². The van der Waals surface area contributed by atoms with Crippen molar-refractivity contribution in [3.05, 3.63) is 0 Å². The Labute approximate surface area is 74.7 Å². The van der Waals surface area contributed by atoms with E-state index in [1.165, 1.54) is 7.11 Å². The van der Waals surface area contributed by atoms with Crippen LogP contribution in [0.1, 0.15) is 19.3 Å². The van der Waals surface area contributed by atoms with E-state index in [0.29, 0.717) is 0 Å². The van der Waals surface area contributed by atoms with Gasteiger partial charge >= 0.3 is 5.97 Å². The van der Waals surface area contributed by atoms with Crippen LogP contribution in [0.3, 0.4) is 0 Å². The first-order chi connectivity index (χ1) is 5.96. The summed E-state index contributed by atoms with van der Waals surface area (Å²) in [4.78, 5) is 10.8. The van der Waals surface area contributed by atoms with Crippen molar-refractivity contribution in [3.63, 3.8) is 0 Å². The third-order valence-corrected chi connectivity index (χ3v) is 2.59. The van der Waals surface area contributed by atoms with Gasteiger partial charge in [0.25, 0.3) is 5.92 Å². The lowest BCUT2D eigenvalue weighted by molar-refractivity contribution is -0.180. The van der Waals surface area contributed by atoms with E-state index in [4.69, 9.17) is 5.11 Å². The number of methoxy groups -OCH3 is 1. The summed E-state index contributed by atoms with van der Waals surface area (Å²) in [6.45, 7) is -0.421. The molecule has 1 aliphatic rings. The Bertz CT molecular complexity index is 217. The predicted molar refractivity (Wildman–Crippen MR) is 40.7 cm³/mol. The number of hydrogen-bond donors (Lipinski definition) is 1. The number of hydrogen-bond acceptors (Lipinski definition) is 2. The number of aliphatic carboxylic acids is 1. The second-order valence-corrected chi connectivity index (χ2v) is 3.38. The molecule has 1 N–H and O–H groups in total. The van der Waals surface area contributed by atoms with Crippen molar-refractivity contribution >= 4 is 5.97 Å². The minimum Gasteiger partial charge on any atom is -0.481 e. The van der Waals surface area contributed by atoms with Crippen molar-refractivity contribution in [2.75, 3.05) is 13.7 Å². The van der Waals surface area contributed by atoms with Gasteiger partial charge in [-0.1, -0.05) is 0 Å². The number of alkyl halides is 2. The highest BCUT2D eigenvalue weighted by Gasteiger charge is 2.62. The van der Waals surface area contributed by atoms with E-state index in [1.54, 1.807) is 0 Å². The molecule has 1 saturated carbocycles. The van der Waals surface area contributed by atoms with E-state index < -0.39 is 23.9 Å². The van der Waals surface area contributed by atoms with Crippen LogP contribution in [0, 0.1) is 5.41 Å². The van der Waals surface area contributed by atoms with Crippen molar-refractivity contribution in [1.82, 2.24) is 0 Å². The Morgan fingerprint density at radius 2 is 2.15 bits per heavy atom. The summed E-state index contributed by atoms with van der Waals surface area (Å²) in [6.07, 6.45) is -0.130. The molecule has 1 atom stereocenters. The highest BCUT2D eigenvalue weighted by molar-refractivity contribution is 5.76. The van der Waals surface area contributed by atoms with E-state index in [-0.39, 0.29) is 19.3 Å². The molecule has 0 aromatic heterocycles. The quantitative estimate of drug-likeness (QED) is 0.740. The molecule has 76 valence electrons. The van der Waals surface area contributed by atoms with Crippen LogP contribution < -0.4 is 0 Å². The number of halogens is 2. The smallest absolute Gasteiger partial charge is 0.318 e. The zero-order valence-electron chi connectivity index (χ0n) is 7.35. The normalized spacial score (nSPS) is 31.9. The zero-order chi connectivity index (χ0) is 10.1. The lowest BCUT2D eigenvalue weighted by atomic mass is 9.84. The summed E-state index contributed by atoms with van der Waals surface area (Å²) >= 11 is 0. The highest BCUT2D eigenvalue weighted by atomic mass is 19.3. The van der Waals surface area contributed by atoms with Gasteiger partial charge in [-0.3, -0.25) is 4.79 Å². The maximum Gasteiger partial charge on any atom is 0.318 e. The van der Waals surface area contributed by atoms with Gasteiger partial charge in [0.2, 0.25) is 0 Å². The molecule has 0 aromatic rings. The molecule has 5 heteroatoms. The molecule has 13 heavy (non-hydrogen) atoms. The molecule has 0 amide bonds. The molecule has 0 spiro atoms. The molecular formula is C8H12F2O3. The van der Waals surface area contributed by atoms with Crippen LogP contribution in [0.25, 0.3) is 0 Å². The molecular weight excluding hydrogens is 182 g/mol. The molecule has 1 rings (SSSR count).